The lowest BCUT2D eigenvalue weighted by atomic mass is 9.70. The first kappa shape index (κ1) is 14.4. The van der Waals surface area contributed by atoms with Crippen LogP contribution in [0.2, 0.25) is 10.0 Å². The van der Waals surface area contributed by atoms with Crippen LogP contribution < -0.4 is 5.56 Å². The molecule has 1 fully saturated rings. The Balaban J connectivity index is 1.95. The van der Waals surface area contributed by atoms with E-state index in [-0.39, 0.29) is 16.4 Å². The average Bonchev–Trinajstić information content (AvgIpc) is 2.92. The van der Waals surface area contributed by atoms with Crippen molar-refractivity contribution in [2.45, 2.75) is 44.9 Å². The largest absolute Gasteiger partial charge is 0.294 e. The molecule has 116 valence electrons. The van der Waals surface area contributed by atoms with E-state index in [1.54, 1.807) is 22.9 Å². The topological polar surface area (TPSA) is 37.8 Å². The van der Waals surface area contributed by atoms with Crippen LogP contribution in [-0.4, -0.2) is 9.78 Å². The maximum absolute atomic E-state index is 12.9. The van der Waals surface area contributed by atoms with Gasteiger partial charge in [0.05, 0.1) is 5.69 Å². The Hall–Kier alpha value is -1.19. The molecule has 1 heterocycles. The molecule has 1 aromatic carbocycles. The predicted molar refractivity (Wildman–Crippen MR) is 89.5 cm³/mol. The highest BCUT2D eigenvalue weighted by molar-refractivity contribution is 6.34. The van der Waals surface area contributed by atoms with Crippen LogP contribution in [0.3, 0.4) is 0 Å². The number of rotatable bonds is 1. The van der Waals surface area contributed by atoms with Gasteiger partial charge in [0.2, 0.25) is 0 Å². The number of fused-ring (bicyclic) bond motifs is 5. The average molecular weight is 337 g/mol. The molecule has 2 aromatic rings. The molecule has 3 nitrogen and oxygen atoms in total. The van der Waals surface area contributed by atoms with Crippen molar-refractivity contribution in [1.29, 1.82) is 0 Å². The Bertz CT molecular complexity index is 829. The van der Waals surface area contributed by atoms with Gasteiger partial charge >= 0.3 is 0 Å². The molecular formula is C17H18Cl2N2O. The minimum Gasteiger partial charge on any atom is -0.294 e. The van der Waals surface area contributed by atoms with Crippen molar-refractivity contribution in [3.05, 3.63) is 49.9 Å². The van der Waals surface area contributed by atoms with Gasteiger partial charge in [-0.05, 0) is 42.4 Å². The fourth-order valence-electron chi connectivity index (χ4n) is 4.50. The number of nitrogens with zero attached hydrogens (tertiary/aromatic N) is 1. The highest BCUT2D eigenvalue weighted by Crippen LogP contribution is 2.66. The first-order chi connectivity index (χ1) is 10.3. The van der Waals surface area contributed by atoms with Crippen LogP contribution in [0.15, 0.2) is 23.0 Å². The Morgan fingerprint density at radius 1 is 1.18 bits per heavy atom. The lowest BCUT2D eigenvalue weighted by Crippen LogP contribution is -2.33. The van der Waals surface area contributed by atoms with Gasteiger partial charge in [-0.1, -0.05) is 44.0 Å². The highest BCUT2D eigenvalue weighted by atomic mass is 35.5. The second kappa shape index (κ2) is 4.21. The molecule has 0 radical (unpaired) electrons. The molecule has 1 saturated carbocycles. The summed E-state index contributed by atoms with van der Waals surface area (Å²) in [6, 6.07) is 5.19. The van der Waals surface area contributed by atoms with Crippen molar-refractivity contribution in [2.24, 2.45) is 5.41 Å². The SMILES string of the molecule is CC1(C)C2CC[C@@]1(C)c1[nH]n(-c3cc(Cl)cc(Cl)c3)c(=O)c12. The maximum atomic E-state index is 12.9. The molecule has 1 N–H and O–H groups in total. The van der Waals surface area contributed by atoms with Gasteiger partial charge in [0.25, 0.3) is 5.56 Å². The van der Waals surface area contributed by atoms with Crippen LogP contribution in [0, 0.1) is 5.41 Å². The van der Waals surface area contributed by atoms with Gasteiger partial charge < -0.3 is 0 Å². The van der Waals surface area contributed by atoms with Crippen molar-refractivity contribution in [2.75, 3.05) is 0 Å². The fourth-order valence-corrected chi connectivity index (χ4v) is 5.01. The molecule has 2 aliphatic rings. The zero-order chi connectivity index (χ0) is 15.9. The fraction of sp³-hybridized carbons (Fsp3) is 0.471. The highest BCUT2D eigenvalue weighted by Gasteiger charge is 2.61. The standard InChI is InChI=1S/C17H18Cl2N2O/c1-16(2)12-4-5-17(16,3)14-13(12)15(22)21(20-14)11-7-9(18)6-10(19)8-11/h6-8,12,20H,4-5H2,1-3H3/t12?,17-/m0/s1. The Morgan fingerprint density at radius 3 is 2.41 bits per heavy atom. The second-order valence-electron chi connectivity index (χ2n) is 7.31. The number of H-pyrrole nitrogens is 1. The van der Waals surface area contributed by atoms with Crippen LogP contribution in [0.4, 0.5) is 0 Å². The summed E-state index contributed by atoms with van der Waals surface area (Å²) in [7, 11) is 0. The summed E-state index contributed by atoms with van der Waals surface area (Å²) in [5.74, 6) is 0.326. The molecule has 1 unspecified atom stereocenters. The molecule has 0 spiro atoms. The lowest BCUT2D eigenvalue weighted by Gasteiger charge is -2.34. The van der Waals surface area contributed by atoms with Crippen molar-refractivity contribution >= 4 is 23.2 Å². The minimum atomic E-state index is 0.0276. The van der Waals surface area contributed by atoms with E-state index >= 15 is 0 Å². The summed E-state index contributed by atoms with van der Waals surface area (Å²) >= 11 is 12.2. The molecule has 0 aliphatic heterocycles. The molecule has 22 heavy (non-hydrogen) atoms. The molecule has 5 heteroatoms. The monoisotopic (exact) mass is 336 g/mol. The van der Waals surface area contributed by atoms with Crippen LogP contribution in [0.25, 0.3) is 5.69 Å². The first-order valence-electron chi connectivity index (χ1n) is 7.57. The summed E-state index contributed by atoms with van der Waals surface area (Å²) in [6.07, 6.45) is 2.20. The van der Waals surface area contributed by atoms with Gasteiger partial charge in [-0.2, -0.15) is 0 Å². The zero-order valence-corrected chi connectivity index (χ0v) is 14.3. The van der Waals surface area contributed by atoms with Gasteiger partial charge in [-0.15, -0.1) is 0 Å². The van der Waals surface area contributed by atoms with Gasteiger partial charge in [-0.25, -0.2) is 4.68 Å². The third-order valence-electron chi connectivity index (χ3n) is 6.16. The molecule has 0 amide bonds. The van der Waals surface area contributed by atoms with Crippen LogP contribution in [0.5, 0.6) is 0 Å². The Kier molecular flexibility index (Phi) is 2.76. The van der Waals surface area contributed by atoms with Crippen LogP contribution >= 0.6 is 23.2 Å². The Labute approximate surface area is 139 Å². The van der Waals surface area contributed by atoms with Crippen molar-refractivity contribution in [3.8, 4) is 5.69 Å². The molecule has 2 atom stereocenters. The lowest BCUT2D eigenvalue weighted by molar-refractivity contribution is 0.224. The van der Waals surface area contributed by atoms with E-state index in [0.717, 1.165) is 24.1 Å². The summed E-state index contributed by atoms with van der Waals surface area (Å²) in [6.45, 7) is 6.82. The molecule has 2 bridgehead atoms. The van der Waals surface area contributed by atoms with E-state index in [4.69, 9.17) is 23.2 Å². The molecule has 1 aromatic heterocycles. The number of aromatic nitrogens is 2. The van der Waals surface area contributed by atoms with Gasteiger partial charge in [0.15, 0.2) is 0 Å². The molecule has 2 aliphatic carbocycles. The summed E-state index contributed by atoms with van der Waals surface area (Å²) in [4.78, 5) is 12.9. The first-order valence-corrected chi connectivity index (χ1v) is 8.33. The summed E-state index contributed by atoms with van der Waals surface area (Å²) in [5, 5.41) is 4.40. The van der Waals surface area contributed by atoms with Crippen molar-refractivity contribution in [3.63, 3.8) is 0 Å². The third-order valence-corrected chi connectivity index (χ3v) is 6.59. The number of hydrogen-bond acceptors (Lipinski definition) is 1. The minimum absolute atomic E-state index is 0.0276. The number of benzene rings is 1. The quantitative estimate of drug-likeness (QED) is 0.808. The predicted octanol–water partition coefficient (Wildman–Crippen LogP) is 4.65. The van der Waals surface area contributed by atoms with E-state index in [1.165, 1.54) is 0 Å². The molecule has 4 rings (SSSR count). The summed E-state index contributed by atoms with van der Waals surface area (Å²) in [5.41, 5.74) is 2.93. The van der Waals surface area contributed by atoms with Gasteiger partial charge in [0, 0.05) is 26.7 Å². The number of halogens is 2. The number of nitrogens with one attached hydrogen (secondary N) is 1. The Morgan fingerprint density at radius 2 is 1.82 bits per heavy atom. The third kappa shape index (κ3) is 1.56. The van der Waals surface area contributed by atoms with Crippen molar-refractivity contribution in [1.82, 2.24) is 9.78 Å². The van der Waals surface area contributed by atoms with E-state index in [1.807, 2.05) is 0 Å². The van der Waals surface area contributed by atoms with E-state index < -0.39 is 0 Å². The number of hydrogen-bond donors (Lipinski definition) is 1. The van der Waals surface area contributed by atoms with Crippen LogP contribution in [-0.2, 0) is 5.41 Å². The summed E-state index contributed by atoms with van der Waals surface area (Å²) < 4.78 is 1.59. The van der Waals surface area contributed by atoms with E-state index in [2.05, 4.69) is 25.9 Å². The van der Waals surface area contributed by atoms with Crippen molar-refractivity contribution < 1.29 is 0 Å². The van der Waals surface area contributed by atoms with Gasteiger partial charge in [-0.3, -0.25) is 9.89 Å². The van der Waals surface area contributed by atoms with E-state index in [0.29, 0.717) is 21.7 Å². The second-order valence-corrected chi connectivity index (χ2v) is 8.19. The van der Waals surface area contributed by atoms with E-state index in [9.17, 15) is 4.79 Å². The molecule has 0 saturated heterocycles. The van der Waals surface area contributed by atoms with Crippen LogP contribution in [0.1, 0.15) is 50.8 Å². The smallest absolute Gasteiger partial charge is 0.274 e. The zero-order valence-electron chi connectivity index (χ0n) is 12.8. The number of aromatic amines is 1. The normalized spacial score (nSPS) is 28.1. The maximum Gasteiger partial charge on any atom is 0.274 e. The van der Waals surface area contributed by atoms with Gasteiger partial charge in [0.1, 0.15) is 0 Å². The molecular weight excluding hydrogens is 319 g/mol.